The lowest BCUT2D eigenvalue weighted by Gasteiger charge is -2.34. The summed E-state index contributed by atoms with van der Waals surface area (Å²) in [7, 11) is -2.16. The van der Waals surface area contributed by atoms with Crippen LogP contribution in [0.25, 0.3) is 28.7 Å². The van der Waals surface area contributed by atoms with E-state index in [9.17, 15) is 23.3 Å². The van der Waals surface area contributed by atoms with Crippen molar-refractivity contribution < 1.29 is 17.9 Å². The van der Waals surface area contributed by atoms with Gasteiger partial charge in [-0.25, -0.2) is 17.8 Å². The first-order valence-corrected chi connectivity index (χ1v) is 17.1. The molecule has 3 aromatic carbocycles. The molecule has 0 bridgehead atoms. The normalized spacial score (nSPS) is 17.1. The molecule has 1 N–H and O–H groups in total. The average molecular weight is 678 g/mol. The Balaban J connectivity index is 1.39. The summed E-state index contributed by atoms with van der Waals surface area (Å²) < 4.78 is 39.3. The largest absolute Gasteiger partial charge is 0.373 e. The van der Waals surface area contributed by atoms with Gasteiger partial charge in [0, 0.05) is 37.5 Å². The summed E-state index contributed by atoms with van der Waals surface area (Å²) in [5.74, 6) is -0.779. The first-order chi connectivity index (χ1) is 23.5. The highest BCUT2D eigenvalue weighted by Gasteiger charge is 2.32. The lowest BCUT2D eigenvalue weighted by Crippen LogP contribution is -2.48. The lowest BCUT2D eigenvalue weighted by molar-refractivity contribution is -0.112. The minimum atomic E-state index is -3.87. The second kappa shape index (κ2) is 13.5. The smallest absolute Gasteiger partial charge is 0.295 e. The van der Waals surface area contributed by atoms with Crippen molar-refractivity contribution in [3.8, 4) is 28.7 Å². The lowest BCUT2D eigenvalue weighted by atomic mass is 10.1. The number of rotatable bonds is 8. The molecule has 1 amide bonds. The number of para-hydroxylation sites is 2. The van der Waals surface area contributed by atoms with Crippen LogP contribution in [0.1, 0.15) is 25.1 Å². The third-order valence-corrected chi connectivity index (χ3v) is 10.2. The average Bonchev–Trinajstić information content (AvgIpc) is 3.61. The number of nitrogens with one attached hydrogen (secondary N) is 1. The number of sulfonamides is 1. The Morgan fingerprint density at radius 1 is 0.980 bits per heavy atom. The molecule has 0 saturated carbocycles. The van der Waals surface area contributed by atoms with E-state index in [0.29, 0.717) is 33.9 Å². The van der Waals surface area contributed by atoms with Crippen molar-refractivity contribution in [1.82, 2.24) is 23.4 Å². The van der Waals surface area contributed by atoms with Gasteiger partial charge < -0.3 is 10.1 Å². The molecular formula is C36H35N7O5S. The van der Waals surface area contributed by atoms with Gasteiger partial charge in [0.25, 0.3) is 11.5 Å². The van der Waals surface area contributed by atoms with Crippen molar-refractivity contribution in [3.05, 3.63) is 118 Å². The highest BCUT2D eigenvalue weighted by atomic mass is 32.2. The predicted octanol–water partition coefficient (Wildman–Crippen LogP) is 4.68. The molecule has 0 radical (unpaired) electrons. The zero-order chi connectivity index (χ0) is 34.9. The number of anilines is 1. The molecule has 0 aliphatic carbocycles. The number of morpholine rings is 1. The first kappa shape index (κ1) is 33.4. The number of nitriles is 1. The van der Waals surface area contributed by atoms with Crippen molar-refractivity contribution in [2.75, 3.05) is 18.4 Å². The minimum absolute atomic E-state index is 0.0439. The molecule has 1 aliphatic heterocycles. The fourth-order valence-corrected chi connectivity index (χ4v) is 7.54. The van der Waals surface area contributed by atoms with Gasteiger partial charge in [-0.2, -0.15) is 14.7 Å². The summed E-state index contributed by atoms with van der Waals surface area (Å²) in [6.45, 7) is 5.83. The van der Waals surface area contributed by atoms with Crippen LogP contribution >= 0.6 is 0 Å². The summed E-state index contributed by atoms with van der Waals surface area (Å²) >= 11 is 0. The van der Waals surface area contributed by atoms with Gasteiger partial charge in [0.15, 0.2) is 0 Å². The number of benzene rings is 3. The van der Waals surface area contributed by atoms with Crippen molar-refractivity contribution in [2.24, 2.45) is 7.05 Å². The molecule has 6 rings (SSSR count). The second-order valence-electron chi connectivity index (χ2n) is 11.9. The molecule has 12 nitrogen and oxygen atoms in total. The molecule has 1 fully saturated rings. The number of ether oxygens (including phenoxy) is 1. The van der Waals surface area contributed by atoms with Crippen molar-refractivity contribution in [2.45, 2.75) is 37.9 Å². The monoisotopic (exact) mass is 677 g/mol. The van der Waals surface area contributed by atoms with E-state index in [-0.39, 0.29) is 41.5 Å². The van der Waals surface area contributed by atoms with Crippen molar-refractivity contribution in [1.29, 1.82) is 5.26 Å². The van der Waals surface area contributed by atoms with E-state index in [4.69, 9.17) is 9.84 Å². The molecule has 250 valence electrons. The summed E-state index contributed by atoms with van der Waals surface area (Å²) in [5, 5.41) is 17.6. The topological polar surface area (TPSA) is 144 Å². The number of amides is 1. The Morgan fingerprint density at radius 2 is 1.61 bits per heavy atom. The molecule has 3 heterocycles. The number of hydrogen-bond acceptors (Lipinski definition) is 7. The van der Waals surface area contributed by atoms with Crippen molar-refractivity contribution >= 4 is 27.7 Å². The van der Waals surface area contributed by atoms with Crippen LogP contribution < -0.4 is 10.9 Å². The summed E-state index contributed by atoms with van der Waals surface area (Å²) in [6.07, 6.45) is 2.54. The predicted molar refractivity (Wildman–Crippen MR) is 186 cm³/mol. The quantitative estimate of drug-likeness (QED) is 0.186. The van der Waals surface area contributed by atoms with E-state index in [1.807, 2.05) is 56.3 Å². The van der Waals surface area contributed by atoms with Gasteiger partial charge in [-0.1, -0.05) is 48.5 Å². The molecule has 49 heavy (non-hydrogen) atoms. The molecule has 13 heteroatoms. The van der Waals surface area contributed by atoms with Gasteiger partial charge in [0.2, 0.25) is 10.0 Å². The van der Waals surface area contributed by atoms with Crippen LogP contribution in [0.4, 0.5) is 5.69 Å². The minimum Gasteiger partial charge on any atom is -0.373 e. The van der Waals surface area contributed by atoms with E-state index in [0.717, 1.165) is 0 Å². The number of carbonyl (C=O) groups excluding carboxylic acids is 1. The van der Waals surface area contributed by atoms with Crippen LogP contribution in [0.2, 0.25) is 0 Å². The van der Waals surface area contributed by atoms with Gasteiger partial charge in [-0.15, -0.1) is 0 Å². The maximum absolute atomic E-state index is 13.7. The Morgan fingerprint density at radius 3 is 2.24 bits per heavy atom. The zero-order valence-corrected chi connectivity index (χ0v) is 28.3. The fraction of sp³-hybridized carbons (Fsp3) is 0.222. The standard InChI is InChI=1S/C36H35N7O5S/c1-24-21-41(22-25(2)48-24)49(46,47)32-17-11-12-27(19-32)34-29(23-42(39-34)30-13-7-5-8-14-30)18-28(20-37)35(44)38-33-26(3)40(4)43(36(33)45)31-15-9-6-10-16-31/h5-19,23-25H,21-22H2,1-4H3,(H,38,44)/b28-18-. The third kappa shape index (κ3) is 6.62. The SMILES string of the molecule is Cc1c(NC(=O)/C(C#N)=C\c2cn(-c3ccccc3)nc2-c2cccc(S(=O)(=O)N3CC(C)OC(C)C3)c2)c(=O)n(-c2ccccc2)n1C. The van der Waals surface area contributed by atoms with Gasteiger partial charge in [0.1, 0.15) is 23.0 Å². The molecule has 1 saturated heterocycles. The number of aromatic nitrogens is 4. The highest BCUT2D eigenvalue weighted by Crippen LogP contribution is 2.30. The fourth-order valence-electron chi connectivity index (χ4n) is 5.91. The van der Waals surface area contributed by atoms with Gasteiger partial charge in [0.05, 0.1) is 34.2 Å². The van der Waals surface area contributed by atoms with Crippen LogP contribution in [0, 0.1) is 18.3 Å². The third-order valence-electron chi connectivity index (χ3n) is 8.35. The molecule has 1 aliphatic rings. The number of hydrogen-bond donors (Lipinski definition) is 1. The Hall–Kier alpha value is -5.55. The first-order valence-electron chi connectivity index (χ1n) is 15.7. The van der Waals surface area contributed by atoms with E-state index >= 15 is 0 Å². The van der Waals surface area contributed by atoms with E-state index in [1.165, 1.54) is 21.1 Å². The van der Waals surface area contributed by atoms with Gasteiger partial charge in [-0.3, -0.25) is 14.3 Å². The second-order valence-corrected chi connectivity index (χ2v) is 13.8. The molecule has 5 aromatic rings. The maximum atomic E-state index is 13.7. The molecular weight excluding hydrogens is 643 g/mol. The molecule has 2 aromatic heterocycles. The van der Waals surface area contributed by atoms with Crippen LogP contribution in [0.5, 0.6) is 0 Å². The van der Waals surface area contributed by atoms with Gasteiger partial charge >= 0.3 is 0 Å². The van der Waals surface area contributed by atoms with Crippen LogP contribution in [0.15, 0.2) is 106 Å². The Labute approximate surface area is 284 Å². The van der Waals surface area contributed by atoms with Crippen LogP contribution in [-0.2, 0) is 26.6 Å². The maximum Gasteiger partial charge on any atom is 0.295 e. The van der Waals surface area contributed by atoms with Gasteiger partial charge in [-0.05, 0) is 63.2 Å². The summed E-state index contributed by atoms with van der Waals surface area (Å²) in [6, 6.07) is 26.7. The van der Waals surface area contributed by atoms with E-state index in [1.54, 1.807) is 72.0 Å². The number of carbonyl (C=O) groups is 1. The zero-order valence-electron chi connectivity index (χ0n) is 27.4. The molecule has 0 spiro atoms. The van der Waals surface area contributed by atoms with Crippen molar-refractivity contribution in [3.63, 3.8) is 0 Å². The summed E-state index contributed by atoms with van der Waals surface area (Å²) in [4.78, 5) is 27.1. The van der Waals surface area contributed by atoms with E-state index < -0.39 is 21.5 Å². The van der Waals surface area contributed by atoms with E-state index in [2.05, 4.69) is 5.32 Å². The highest BCUT2D eigenvalue weighted by molar-refractivity contribution is 7.89. The van der Waals surface area contributed by atoms with Crippen LogP contribution in [0.3, 0.4) is 0 Å². The molecule has 2 unspecified atom stereocenters. The van der Waals surface area contributed by atoms with Crippen LogP contribution in [-0.4, -0.2) is 63.1 Å². The Bertz CT molecular complexity index is 2260. The summed E-state index contributed by atoms with van der Waals surface area (Å²) in [5.41, 5.74) is 2.37. The Kier molecular flexibility index (Phi) is 9.20. The number of nitrogens with zero attached hydrogens (tertiary/aromatic N) is 6. The molecule has 2 atom stereocenters.